The Kier molecular flexibility index (Phi) is 5.97. The largest absolute Gasteiger partial charge is 0.493 e. The van der Waals surface area contributed by atoms with Crippen LogP contribution in [0.1, 0.15) is 16.1 Å². The zero-order chi connectivity index (χ0) is 24.5. The van der Waals surface area contributed by atoms with Crippen LogP contribution < -0.4 is 30.7 Å². The lowest BCUT2D eigenvalue weighted by atomic mass is 10.1. The minimum Gasteiger partial charge on any atom is -0.493 e. The normalized spacial score (nSPS) is 12.0. The molecule has 0 unspecified atom stereocenters. The number of aromatic amines is 1. The van der Waals surface area contributed by atoms with Gasteiger partial charge < -0.3 is 13.9 Å². The summed E-state index contributed by atoms with van der Waals surface area (Å²) in [7, 11) is -2.43. The number of furan rings is 1. The van der Waals surface area contributed by atoms with Crippen molar-refractivity contribution in [1.82, 2.24) is 9.78 Å². The minimum absolute atomic E-state index is 0.0457. The van der Waals surface area contributed by atoms with E-state index in [0.717, 1.165) is 0 Å². The topological polar surface area (TPSA) is 147 Å². The van der Waals surface area contributed by atoms with Gasteiger partial charge in [0.2, 0.25) is 15.8 Å². The Hall–Kier alpha value is -4.35. The lowest BCUT2D eigenvalue weighted by Gasteiger charge is -2.09. The average molecular weight is 481 g/mol. The number of aromatic nitrogens is 2. The number of H-pyrrole nitrogens is 1. The zero-order valence-corrected chi connectivity index (χ0v) is 18.7. The van der Waals surface area contributed by atoms with E-state index in [1.54, 1.807) is 24.3 Å². The Morgan fingerprint density at radius 2 is 1.88 bits per heavy atom. The van der Waals surface area contributed by atoms with Gasteiger partial charge in [0.1, 0.15) is 0 Å². The van der Waals surface area contributed by atoms with E-state index < -0.39 is 21.6 Å². The minimum atomic E-state index is -3.85. The second kappa shape index (κ2) is 8.89. The summed E-state index contributed by atoms with van der Waals surface area (Å²) >= 11 is 0. The lowest BCUT2D eigenvalue weighted by molar-refractivity contribution is 0.0696. The zero-order valence-electron chi connectivity index (χ0n) is 17.8. The molecule has 0 saturated carbocycles. The third-order valence-electron chi connectivity index (χ3n) is 4.85. The molecule has 34 heavy (non-hydrogen) atoms. The number of nitrogens with zero attached hydrogens (tertiary/aromatic N) is 1. The third kappa shape index (κ3) is 4.56. The van der Waals surface area contributed by atoms with Crippen LogP contribution in [0.5, 0.6) is 11.5 Å². The number of benzene rings is 2. The summed E-state index contributed by atoms with van der Waals surface area (Å²) in [5.74, 6) is -0.183. The van der Waals surface area contributed by atoms with Crippen molar-refractivity contribution in [3.63, 3.8) is 0 Å². The number of nitrogens with two attached hydrogens (primary N) is 1. The van der Waals surface area contributed by atoms with Crippen molar-refractivity contribution in [3.05, 3.63) is 93.1 Å². The second-order valence-corrected chi connectivity index (χ2v) is 8.67. The number of ether oxygens (including phenoxy) is 2. The fraction of sp³-hybridized carbons (Fsp3) is 0.0435. The first-order valence-electron chi connectivity index (χ1n) is 9.76. The summed E-state index contributed by atoms with van der Waals surface area (Å²) in [4.78, 5) is 25.1. The van der Waals surface area contributed by atoms with Gasteiger partial charge in [-0.3, -0.25) is 9.89 Å². The van der Waals surface area contributed by atoms with Gasteiger partial charge in [0.15, 0.2) is 11.5 Å². The molecule has 0 saturated heterocycles. The van der Waals surface area contributed by atoms with Gasteiger partial charge in [-0.1, -0.05) is 12.6 Å². The molecule has 174 valence electrons. The number of sulfonamides is 1. The van der Waals surface area contributed by atoms with Crippen LogP contribution in [0.25, 0.3) is 18.3 Å². The van der Waals surface area contributed by atoms with E-state index in [-0.39, 0.29) is 27.4 Å². The summed E-state index contributed by atoms with van der Waals surface area (Å²) in [6, 6.07) is 13.3. The van der Waals surface area contributed by atoms with Crippen molar-refractivity contribution in [2.75, 3.05) is 7.11 Å². The first-order valence-corrected chi connectivity index (χ1v) is 11.3. The summed E-state index contributed by atoms with van der Waals surface area (Å²) < 4.78 is 39.8. The highest BCUT2D eigenvalue weighted by Crippen LogP contribution is 2.29. The molecule has 0 fully saturated rings. The van der Waals surface area contributed by atoms with Gasteiger partial charge in [-0.05, 0) is 60.2 Å². The molecule has 0 radical (unpaired) electrons. The van der Waals surface area contributed by atoms with E-state index >= 15 is 0 Å². The molecule has 4 aromatic rings. The smallest absolute Gasteiger partial charge is 0.379 e. The van der Waals surface area contributed by atoms with Gasteiger partial charge >= 0.3 is 5.97 Å². The van der Waals surface area contributed by atoms with E-state index in [2.05, 4.69) is 11.7 Å². The van der Waals surface area contributed by atoms with Crippen LogP contribution in [0.4, 0.5) is 0 Å². The molecule has 0 atom stereocenters. The van der Waals surface area contributed by atoms with E-state index in [0.29, 0.717) is 16.6 Å². The molecule has 0 aliphatic rings. The van der Waals surface area contributed by atoms with E-state index in [1.165, 1.54) is 54.5 Å². The first-order chi connectivity index (χ1) is 16.2. The Morgan fingerprint density at radius 3 is 2.50 bits per heavy atom. The average Bonchev–Trinajstić information content (AvgIpc) is 3.44. The Labute approximate surface area is 193 Å². The number of carbonyl (C=O) groups excluding carboxylic acids is 1. The standard InChI is InChI=1S/C23H19N3O7S/c1-14-18(22(27)26(25-14)16-6-8-17(9-7-16)34(24,29)30)12-15-5-10-19(21(13-15)31-2)33-23(28)20-4-3-11-32-20/h3-13,25H,1H2,2H3,(H2,24,29,30). The molecule has 10 nitrogen and oxygen atoms in total. The molecular formula is C23H19N3O7S. The number of rotatable bonds is 6. The van der Waals surface area contributed by atoms with Gasteiger partial charge in [0.05, 0.1) is 34.5 Å². The van der Waals surface area contributed by atoms with Crippen LogP contribution in [-0.2, 0) is 10.0 Å². The van der Waals surface area contributed by atoms with E-state index in [1.807, 2.05) is 0 Å². The van der Waals surface area contributed by atoms with Crippen LogP contribution >= 0.6 is 0 Å². The van der Waals surface area contributed by atoms with Crippen LogP contribution in [0.15, 0.2) is 75.0 Å². The van der Waals surface area contributed by atoms with Gasteiger partial charge in [0, 0.05) is 0 Å². The number of carbonyl (C=O) groups is 1. The fourth-order valence-corrected chi connectivity index (χ4v) is 3.70. The molecule has 3 N–H and O–H groups in total. The van der Waals surface area contributed by atoms with E-state index in [4.69, 9.17) is 19.0 Å². The molecule has 2 heterocycles. The maximum absolute atomic E-state index is 13.0. The summed E-state index contributed by atoms with van der Waals surface area (Å²) in [5, 5.41) is 8.59. The number of methoxy groups -OCH3 is 1. The van der Waals surface area contributed by atoms with Crippen molar-refractivity contribution in [2.45, 2.75) is 4.90 Å². The highest BCUT2D eigenvalue weighted by Gasteiger charge is 2.15. The molecule has 0 amide bonds. The van der Waals surface area contributed by atoms with Crippen LogP contribution in [0.3, 0.4) is 0 Å². The summed E-state index contributed by atoms with van der Waals surface area (Å²) in [5.41, 5.74) is 0.590. The SMILES string of the molecule is C=c1[nH]n(-c2ccc(S(N)(=O)=O)cc2)c(=O)c1=Cc1ccc(OC(=O)c2ccco2)c(OC)c1. The van der Waals surface area contributed by atoms with E-state index in [9.17, 15) is 18.0 Å². The predicted octanol–water partition coefficient (Wildman–Crippen LogP) is 0.873. The molecule has 4 rings (SSSR count). The Balaban J connectivity index is 1.68. The van der Waals surface area contributed by atoms with Crippen molar-refractivity contribution >= 4 is 28.6 Å². The van der Waals surface area contributed by atoms with Crippen LogP contribution in [0.2, 0.25) is 0 Å². The highest BCUT2D eigenvalue weighted by atomic mass is 32.2. The van der Waals surface area contributed by atoms with Gasteiger partial charge in [-0.2, -0.15) is 0 Å². The maximum atomic E-state index is 13.0. The Morgan fingerprint density at radius 1 is 1.15 bits per heavy atom. The summed E-state index contributed by atoms with van der Waals surface area (Å²) in [6.45, 7) is 3.87. The maximum Gasteiger partial charge on any atom is 0.379 e. The summed E-state index contributed by atoms with van der Waals surface area (Å²) in [6.07, 6.45) is 2.96. The van der Waals surface area contributed by atoms with Crippen molar-refractivity contribution in [1.29, 1.82) is 0 Å². The second-order valence-electron chi connectivity index (χ2n) is 7.10. The molecule has 11 heteroatoms. The third-order valence-corrected chi connectivity index (χ3v) is 5.78. The monoisotopic (exact) mass is 481 g/mol. The van der Waals surface area contributed by atoms with Gasteiger partial charge in [0.25, 0.3) is 5.56 Å². The Bertz CT molecular complexity index is 1630. The van der Waals surface area contributed by atoms with Crippen LogP contribution in [-0.4, -0.2) is 31.3 Å². The van der Waals surface area contributed by atoms with Crippen LogP contribution in [0, 0.1) is 0 Å². The molecular weight excluding hydrogens is 462 g/mol. The number of nitrogens with one attached hydrogen (secondary N) is 1. The molecule has 0 aliphatic heterocycles. The fourth-order valence-electron chi connectivity index (χ4n) is 3.18. The van der Waals surface area contributed by atoms with Gasteiger partial charge in [-0.15, -0.1) is 0 Å². The molecule has 2 aromatic heterocycles. The molecule has 2 aromatic carbocycles. The predicted molar refractivity (Wildman–Crippen MR) is 123 cm³/mol. The van der Waals surface area contributed by atoms with Crippen molar-refractivity contribution < 1.29 is 27.1 Å². The molecule has 0 aliphatic carbocycles. The quantitative estimate of drug-likeness (QED) is 0.307. The van der Waals surface area contributed by atoms with Crippen molar-refractivity contribution in [2.24, 2.45) is 5.14 Å². The number of esters is 1. The molecule has 0 spiro atoms. The number of primary sulfonamides is 1. The number of hydrogen-bond donors (Lipinski definition) is 2. The van der Waals surface area contributed by atoms with Crippen molar-refractivity contribution in [3.8, 4) is 17.2 Å². The lowest BCUT2D eigenvalue weighted by Crippen LogP contribution is -2.33. The highest BCUT2D eigenvalue weighted by molar-refractivity contribution is 7.89. The number of hydrogen-bond acceptors (Lipinski definition) is 7. The first kappa shape index (κ1) is 22.8. The van der Waals surface area contributed by atoms with Gasteiger partial charge in [-0.25, -0.2) is 23.0 Å². The molecule has 0 bridgehead atoms.